The minimum atomic E-state index is -2.80. The first-order valence-corrected chi connectivity index (χ1v) is 13.4. The Morgan fingerprint density at radius 1 is 1.05 bits per heavy atom. The molecule has 37 heavy (non-hydrogen) atoms. The molecular weight excluding hydrogens is 514 g/mol. The molecule has 2 heterocycles. The number of nitrogens with zero attached hydrogens (tertiary/aromatic N) is 5. The van der Waals surface area contributed by atoms with Crippen LogP contribution in [0.25, 0.3) is 0 Å². The lowest BCUT2D eigenvalue weighted by Gasteiger charge is -2.36. The second kappa shape index (κ2) is 11.8. The summed E-state index contributed by atoms with van der Waals surface area (Å²) in [6.45, 7) is 1.98. The van der Waals surface area contributed by atoms with Gasteiger partial charge in [0.1, 0.15) is 10.8 Å². The smallest absolute Gasteiger partial charge is 0.229 e. The third-order valence-corrected chi connectivity index (χ3v) is 7.47. The molecule has 10 nitrogen and oxygen atoms in total. The van der Waals surface area contributed by atoms with E-state index >= 15 is 0 Å². The van der Waals surface area contributed by atoms with Crippen molar-refractivity contribution in [1.82, 2.24) is 14.9 Å². The molecule has 0 aliphatic carbocycles. The van der Waals surface area contributed by atoms with Gasteiger partial charge in [0.25, 0.3) is 0 Å². The number of benzene rings is 2. The zero-order chi connectivity index (χ0) is 26.5. The molecule has 1 aliphatic rings. The Kier molecular flexibility index (Phi) is 8.57. The van der Waals surface area contributed by atoms with Crippen molar-refractivity contribution in [3.8, 4) is 5.75 Å². The fraction of sp³-hybridized carbons (Fsp3) is 0.360. The van der Waals surface area contributed by atoms with Crippen LogP contribution in [0.1, 0.15) is 12.8 Å². The molecule has 0 radical (unpaired) electrons. The van der Waals surface area contributed by atoms with Crippen molar-refractivity contribution < 1.29 is 13.2 Å². The van der Waals surface area contributed by atoms with E-state index in [1.807, 2.05) is 12.1 Å². The van der Waals surface area contributed by atoms with Crippen LogP contribution in [0, 0.1) is 0 Å². The standard InChI is InChI=1S/C25H32ClN7O3S/c1-31(2)17-11-13-33(14-12-17)18-9-10-21(23(15-18)36-4)29-25-27-16-19(26)24(30-25)28-20-7-5-6-8-22(20)32(3)37(34)35/h5-10,15-17,37H,11-14H2,1-4H3,(H2,27,28,29,30). The molecule has 0 spiro atoms. The lowest BCUT2D eigenvalue weighted by atomic mass is 10.0. The molecule has 2 N–H and O–H groups in total. The first kappa shape index (κ1) is 26.8. The highest BCUT2D eigenvalue weighted by Crippen LogP contribution is 2.34. The van der Waals surface area contributed by atoms with E-state index in [1.54, 1.807) is 31.4 Å². The average molecular weight is 546 g/mol. The van der Waals surface area contributed by atoms with Crippen molar-refractivity contribution in [2.75, 3.05) is 61.2 Å². The highest BCUT2D eigenvalue weighted by molar-refractivity contribution is 7.74. The number of thiol groups is 1. The molecule has 1 aliphatic heterocycles. The summed E-state index contributed by atoms with van der Waals surface area (Å²) in [5.41, 5.74) is 2.83. The van der Waals surface area contributed by atoms with Gasteiger partial charge < -0.3 is 25.2 Å². The predicted octanol–water partition coefficient (Wildman–Crippen LogP) is 4.12. The van der Waals surface area contributed by atoms with Crippen LogP contribution in [0.4, 0.5) is 34.5 Å². The van der Waals surface area contributed by atoms with Gasteiger partial charge >= 0.3 is 0 Å². The Morgan fingerprint density at radius 2 is 1.78 bits per heavy atom. The molecule has 0 amide bonds. The van der Waals surface area contributed by atoms with Gasteiger partial charge in [-0.1, -0.05) is 23.7 Å². The van der Waals surface area contributed by atoms with Crippen LogP contribution in [-0.4, -0.2) is 70.7 Å². The molecule has 4 rings (SSSR count). The van der Waals surface area contributed by atoms with Crippen LogP contribution >= 0.6 is 11.6 Å². The normalized spacial score (nSPS) is 14.2. The van der Waals surface area contributed by atoms with E-state index in [0.29, 0.717) is 40.6 Å². The maximum Gasteiger partial charge on any atom is 0.229 e. The fourth-order valence-corrected chi connectivity index (χ4v) is 4.82. The summed E-state index contributed by atoms with van der Waals surface area (Å²) in [4.78, 5) is 13.5. The highest BCUT2D eigenvalue weighted by Gasteiger charge is 2.21. The SMILES string of the molecule is COc1cc(N2CCC(N(C)C)CC2)ccc1Nc1ncc(Cl)c(Nc2ccccc2N(C)[SH](=O)=O)n1. The summed E-state index contributed by atoms with van der Waals surface area (Å²) in [6, 6.07) is 13.6. The summed E-state index contributed by atoms with van der Waals surface area (Å²) in [7, 11) is 4.58. The van der Waals surface area contributed by atoms with Crippen LogP contribution < -0.4 is 24.6 Å². The minimum absolute atomic E-state index is 0.290. The van der Waals surface area contributed by atoms with Crippen molar-refractivity contribution in [2.45, 2.75) is 18.9 Å². The maximum absolute atomic E-state index is 11.5. The van der Waals surface area contributed by atoms with E-state index < -0.39 is 10.9 Å². The fourth-order valence-electron chi connectivity index (χ4n) is 4.33. The van der Waals surface area contributed by atoms with Gasteiger partial charge in [-0.25, -0.2) is 13.4 Å². The predicted molar refractivity (Wildman–Crippen MR) is 151 cm³/mol. The van der Waals surface area contributed by atoms with E-state index in [2.05, 4.69) is 50.6 Å². The van der Waals surface area contributed by atoms with Gasteiger partial charge in [0, 0.05) is 37.9 Å². The van der Waals surface area contributed by atoms with Gasteiger partial charge in [-0.2, -0.15) is 4.98 Å². The number of anilines is 6. The Labute approximate surface area is 224 Å². The lowest BCUT2D eigenvalue weighted by molar-refractivity contribution is 0.249. The molecule has 1 aromatic heterocycles. The topological polar surface area (TPSA) is 103 Å². The molecule has 0 unspecified atom stereocenters. The summed E-state index contributed by atoms with van der Waals surface area (Å²) in [6.07, 6.45) is 3.72. The lowest BCUT2D eigenvalue weighted by Crippen LogP contribution is -2.41. The van der Waals surface area contributed by atoms with Crippen molar-refractivity contribution >= 4 is 57.0 Å². The quantitative estimate of drug-likeness (QED) is 0.343. The number of methoxy groups -OCH3 is 1. The van der Waals surface area contributed by atoms with Gasteiger partial charge in [-0.3, -0.25) is 4.31 Å². The van der Waals surface area contributed by atoms with Gasteiger partial charge in [0.15, 0.2) is 5.82 Å². The number of piperidine rings is 1. The molecule has 1 saturated heterocycles. The Bertz CT molecular complexity index is 1310. The van der Waals surface area contributed by atoms with Crippen LogP contribution in [0.2, 0.25) is 5.02 Å². The molecule has 0 atom stereocenters. The van der Waals surface area contributed by atoms with Gasteiger partial charge in [-0.05, 0) is 51.2 Å². The Morgan fingerprint density at radius 3 is 2.46 bits per heavy atom. The van der Waals surface area contributed by atoms with Crippen molar-refractivity contribution in [2.24, 2.45) is 0 Å². The summed E-state index contributed by atoms with van der Waals surface area (Å²) < 4.78 is 29.8. The number of halogens is 1. The molecular formula is C25H32ClN7O3S. The van der Waals surface area contributed by atoms with Crippen LogP contribution in [0.3, 0.4) is 0 Å². The van der Waals surface area contributed by atoms with Crippen LogP contribution in [0.5, 0.6) is 5.75 Å². The minimum Gasteiger partial charge on any atom is -0.494 e. The summed E-state index contributed by atoms with van der Waals surface area (Å²) in [5.74, 6) is 1.32. The Balaban J connectivity index is 1.53. The maximum atomic E-state index is 11.5. The number of hydrogen-bond acceptors (Lipinski definition) is 9. The van der Waals surface area contributed by atoms with E-state index in [4.69, 9.17) is 16.3 Å². The van der Waals surface area contributed by atoms with Gasteiger partial charge in [0.2, 0.25) is 16.8 Å². The summed E-state index contributed by atoms with van der Waals surface area (Å²) in [5, 5.41) is 6.62. The van der Waals surface area contributed by atoms with E-state index in [-0.39, 0.29) is 5.02 Å². The molecule has 2 aromatic carbocycles. The highest BCUT2D eigenvalue weighted by atomic mass is 35.5. The zero-order valence-electron chi connectivity index (χ0n) is 21.3. The molecule has 12 heteroatoms. The molecule has 0 saturated carbocycles. The van der Waals surface area contributed by atoms with Crippen molar-refractivity contribution in [3.63, 3.8) is 0 Å². The molecule has 198 valence electrons. The number of para-hydroxylation sites is 2. The largest absolute Gasteiger partial charge is 0.494 e. The number of rotatable bonds is 9. The van der Waals surface area contributed by atoms with E-state index in [9.17, 15) is 8.42 Å². The van der Waals surface area contributed by atoms with Gasteiger partial charge in [-0.15, -0.1) is 0 Å². The van der Waals surface area contributed by atoms with Crippen LogP contribution in [-0.2, 0) is 10.9 Å². The van der Waals surface area contributed by atoms with E-state index in [1.165, 1.54) is 13.2 Å². The number of nitrogens with one attached hydrogen (secondary N) is 2. The summed E-state index contributed by atoms with van der Waals surface area (Å²) >= 11 is 6.36. The second-order valence-electron chi connectivity index (χ2n) is 8.99. The van der Waals surface area contributed by atoms with E-state index in [0.717, 1.165) is 35.9 Å². The van der Waals surface area contributed by atoms with Gasteiger partial charge in [0.05, 0.1) is 30.4 Å². The number of hydrogen-bond donors (Lipinski definition) is 3. The first-order chi connectivity index (χ1) is 17.8. The third-order valence-electron chi connectivity index (χ3n) is 6.49. The van der Waals surface area contributed by atoms with Crippen molar-refractivity contribution in [3.05, 3.63) is 53.7 Å². The second-order valence-corrected chi connectivity index (χ2v) is 10.5. The molecule has 0 bridgehead atoms. The average Bonchev–Trinajstić information content (AvgIpc) is 2.90. The van der Waals surface area contributed by atoms with Crippen molar-refractivity contribution in [1.29, 1.82) is 0 Å². The number of ether oxygens (including phenoxy) is 1. The molecule has 3 aromatic rings. The zero-order valence-corrected chi connectivity index (χ0v) is 23.0. The number of aromatic nitrogens is 2. The first-order valence-electron chi connectivity index (χ1n) is 11.9. The third kappa shape index (κ3) is 6.35. The Hall–Kier alpha value is -3.28. The van der Waals surface area contributed by atoms with Crippen LogP contribution in [0.15, 0.2) is 48.7 Å². The monoisotopic (exact) mass is 545 g/mol. The molecule has 1 fully saturated rings.